The van der Waals surface area contributed by atoms with Crippen LogP contribution in [0.25, 0.3) is 0 Å². The molecular weight excluding hydrogens is 837 g/mol. The molecule has 0 aliphatic heterocycles. The lowest BCUT2D eigenvalue weighted by Gasteiger charge is -2.18. The number of allylic oxidation sites excluding steroid dienone is 12. The van der Waals surface area contributed by atoms with Crippen molar-refractivity contribution in [3.63, 3.8) is 0 Å². The van der Waals surface area contributed by atoms with E-state index in [2.05, 4.69) is 93.7 Å². The van der Waals surface area contributed by atoms with E-state index < -0.39 is 6.10 Å². The van der Waals surface area contributed by atoms with Gasteiger partial charge in [-0.1, -0.05) is 254 Å². The third-order valence-corrected chi connectivity index (χ3v) is 12.8. The molecule has 0 saturated carbocycles. The molecule has 0 aliphatic rings. The van der Waals surface area contributed by atoms with Crippen molar-refractivity contribution < 1.29 is 23.8 Å². The first-order chi connectivity index (χ1) is 33.6. The molecule has 0 aliphatic carbocycles. The van der Waals surface area contributed by atoms with Crippen LogP contribution in [0.1, 0.15) is 290 Å². The van der Waals surface area contributed by atoms with Crippen molar-refractivity contribution in [2.24, 2.45) is 0 Å². The fourth-order valence-electron chi connectivity index (χ4n) is 8.26. The third-order valence-electron chi connectivity index (χ3n) is 12.8. The molecule has 394 valence electrons. The maximum atomic E-state index is 12.7. The van der Waals surface area contributed by atoms with Gasteiger partial charge in [-0.05, 0) is 96.3 Å². The number of carbonyl (C=O) groups excluding carboxylic acids is 2. The SMILES string of the molecule is CCCCC/C=C\C/C=C\C/C=C\C/C=C\CCCCCC(=O)OC[C@H](COC(=O)CCCCCCCCC/C=C\C/C=C\CCCCC)OCCCCCCCCCCCCCCCCCC. The summed E-state index contributed by atoms with van der Waals surface area (Å²) in [6.45, 7) is 7.67. The molecule has 0 unspecified atom stereocenters. The van der Waals surface area contributed by atoms with E-state index in [1.54, 1.807) is 0 Å². The molecule has 5 nitrogen and oxygen atoms in total. The molecule has 0 rings (SSSR count). The second-order valence-corrected chi connectivity index (χ2v) is 19.5. The smallest absolute Gasteiger partial charge is 0.305 e. The number of rotatable bonds is 54. The van der Waals surface area contributed by atoms with E-state index in [-0.39, 0.29) is 25.2 Å². The minimum absolute atomic E-state index is 0.138. The van der Waals surface area contributed by atoms with Gasteiger partial charge in [-0.25, -0.2) is 0 Å². The van der Waals surface area contributed by atoms with Crippen LogP contribution in [-0.4, -0.2) is 37.9 Å². The predicted molar refractivity (Wildman–Crippen MR) is 297 cm³/mol. The van der Waals surface area contributed by atoms with Crippen LogP contribution in [0, 0.1) is 0 Å². The Hall–Kier alpha value is -2.66. The summed E-state index contributed by atoms with van der Waals surface area (Å²) in [4.78, 5) is 25.3. The fraction of sp³-hybridized carbons (Fsp3) is 0.778. The van der Waals surface area contributed by atoms with Gasteiger partial charge in [0.2, 0.25) is 0 Å². The van der Waals surface area contributed by atoms with Gasteiger partial charge in [-0.15, -0.1) is 0 Å². The van der Waals surface area contributed by atoms with Gasteiger partial charge in [0.15, 0.2) is 0 Å². The van der Waals surface area contributed by atoms with Gasteiger partial charge in [0.25, 0.3) is 0 Å². The van der Waals surface area contributed by atoms with Crippen molar-refractivity contribution >= 4 is 11.9 Å². The van der Waals surface area contributed by atoms with Crippen LogP contribution >= 0.6 is 0 Å². The van der Waals surface area contributed by atoms with Gasteiger partial charge < -0.3 is 14.2 Å². The molecule has 0 bridgehead atoms. The van der Waals surface area contributed by atoms with Crippen LogP contribution in [-0.2, 0) is 23.8 Å². The van der Waals surface area contributed by atoms with Crippen molar-refractivity contribution in [3.05, 3.63) is 72.9 Å². The Morgan fingerprint density at radius 2 is 0.559 bits per heavy atom. The van der Waals surface area contributed by atoms with Gasteiger partial charge in [0, 0.05) is 19.4 Å². The maximum absolute atomic E-state index is 12.7. The Balaban J connectivity index is 4.32. The number of ether oxygens (including phenoxy) is 3. The van der Waals surface area contributed by atoms with E-state index in [1.165, 1.54) is 173 Å². The average Bonchev–Trinajstić information content (AvgIpc) is 3.34. The minimum atomic E-state index is -0.418. The summed E-state index contributed by atoms with van der Waals surface area (Å²) in [5.74, 6) is -0.369. The molecule has 0 amide bonds. The first-order valence-electron chi connectivity index (χ1n) is 29.5. The molecule has 0 heterocycles. The number of carbonyl (C=O) groups is 2. The summed E-state index contributed by atoms with van der Waals surface area (Å²) in [5.41, 5.74) is 0. The Labute approximate surface area is 423 Å². The first kappa shape index (κ1) is 65.3. The van der Waals surface area contributed by atoms with Gasteiger partial charge in [0.05, 0.1) is 0 Å². The van der Waals surface area contributed by atoms with Crippen LogP contribution in [0.4, 0.5) is 0 Å². The minimum Gasteiger partial charge on any atom is -0.463 e. The van der Waals surface area contributed by atoms with Crippen molar-refractivity contribution in [1.29, 1.82) is 0 Å². The summed E-state index contributed by atoms with van der Waals surface area (Å²) >= 11 is 0. The van der Waals surface area contributed by atoms with Crippen LogP contribution in [0.3, 0.4) is 0 Å². The number of unbranched alkanes of at least 4 members (excludes halogenated alkanes) is 31. The van der Waals surface area contributed by atoms with Crippen LogP contribution in [0.5, 0.6) is 0 Å². The lowest BCUT2D eigenvalue weighted by Crippen LogP contribution is -2.29. The zero-order valence-corrected chi connectivity index (χ0v) is 45.4. The van der Waals surface area contributed by atoms with Crippen LogP contribution in [0.15, 0.2) is 72.9 Å². The van der Waals surface area contributed by atoms with E-state index in [9.17, 15) is 9.59 Å². The molecule has 68 heavy (non-hydrogen) atoms. The zero-order chi connectivity index (χ0) is 49.2. The summed E-state index contributed by atoms with van der Waals surface area (Å²) in [6.07, 6.45) is 76.5. The Morgan fingerprint density at radius 1 is 0.309 bits per heavy atom. The standard InChI is InChI=1S/C63H112O5/c1-4-7-10-13-16-19-22-25-28-31-32-34-36-39-42-45-48-51-54-57-63(65)68-60-61(66-58-55-52-49-46-43-40-37-30-27-24-21-18-15-12-9-6-3)59-67-62(64)56-53-50-47-44-41-38-35-33-29-26-23-20-17-14-11-8-5-2/h16-17,19-20,25-26,28-29,32,34,39,42,61H,4-15,18,21-24,27,30-31,33,35-38,40-41,43-60H2,1-3H3/b19-16-,20-17-,28-25-,29-26-,34-32-,42-39-/t61-/m0/s1. The largest absolute Gasteiger partial charge is 0.463 e. The quantitative estimate of drug-likeness (QED) is 0.0345. The molecule has 0 aromatic heterocycles. The van der Waals surface area contributed by atoms with Gasteiger partial charge in [-0.2, -0.15) is 0 Å². The highest BCUT2D eigenvalue weighted by molar-refractivity contribution is 5.69. The Morgan fingerprint density at radius 3 is 0.912 bits per heavy atom. The molecule has 0 aromatic carbocycles. The maximum Gasteiger partial charge on any atom is 0.305 e. The highest BCUT2D eigenvalue weighted by atomic mass is 16.6. The van der Waals surface area contributed by atoms with E-state index in [0.717, 1.165) is 83.5 Å². The molecule has 0 fully saturated rings. The highest BCUT2D eigenvalue weighted by Crippen LogP contribution is 2.15. The molecule has 0 N–H and O–H groups in total. The van der Waals surface area contributed by atoms with Gasteiger partial charge in [0.1, 0.15) is 19.3 Å². The van der Waals surface area contributed by atoms with Gasteiger partial charge >= 0.3 is 11.9 Å². The Kier molecular flexibility index (Phi) is 56.4. The highest BCUT2D eigenvalue weighted by Gasteiger charge is 2.16. The van der Waals surface area contributed by atoms with Crippen LogP contribution in [0.2, 0.25) is 0 Å². The summed E-state index contributed by atoms with van der Waals surface area (Å²) in [5, 5.41) is 0. The average molecular weight is 950 g/mol. The molecule has 1 atom stereocenters. The summed E-state index contributed by atoms with van der Waals surface area (Å²) in [7, 11) is 0. The summed E-state index contributed by atoms with van der Waals surface area (Å²) in [6, 6.07) is 0. The fourth-order valence-corrected chi connectivity index (χ4v) is 8.26. The lowest BCUT2D eigenvalue weighted by molar-refractivity contribution is -0.155. The molecular formula is C63H112O5. The molecule has 0 spiro atoms. The van der Waals surface area contributed by atoms with Crippen molar-refractivity contribution in [2.75, 3.05) is 19.8 Å². The Bertz CT molecular complexity index is 1210. The summed E-state index contributed by atoms with van der Waals surface area (Å²) < 4.78 is 17.5. The number of esters is 2. The van der Waals surface area contributed by atoms with E-state index in [0.29, 0.717) is 19.4 Å². The second-order valence-electron chi connectivity index (χ2n) is 19.5. The van der Waals surface area contributed by atoms with Gasteiger partial charge in [-0.3, -0.25) is 9.59 Å². The lowest BCUT2D eigenvalue weighted by atomic mass is 10.0. The van der Waals surface area contributed by atoms with Crippen molar-refractivity contribution in [1.82, 2.24) is 0 Å². The molecule has 5 heteroatoms. The number of hydrogen-bond acceptors (Lipinski definition) is 5. The molecule has 0 saturated heterocycles. The number of hydrogen-bond donors (Lipinski definition) is 0. The van der Waals surface area contributed by atoms with E-state index in [1.807, 2.05) is 0 Å². The molecule has 0 aromatic rings. The monoisotopic (exact) mass is 949 g/mol. The topological polar surface area (TPSA) is 61.8 Å². The normalized spacial score (nSPS) is 12.7. The van der Waals surface area contributed by atoms with Crippen molar-refractivity contribution in [2.45, 2.75) is 297 Å². The van der Waals surface area contributed by atoms with Crippen molar-refractivity contribution in [3.8, 4) is 0 Å². The third kappa shape index (κ3) is 55.9. The first-order valence-corrected chi connectivity index (χ1v) is 29.5. The van der Waals surface area contributed by atoms with E-state index >= 15 is 0 Å². The second kappa shape index (κ2) is 58.7. The zero-order valence-electron chi connectivity index (χ0n) is 45.4. The molecule has 0 radical (unpaired) electrons. The van der Waals surface area contributed by atoms with Crippen LogP contribution < -0.4 is 0 Å². The van der Waals surface area contributed by atoms with E-state index in [4.69, 9.17) is 14.2 Å². The predicted octanol–water partition coefficient (Wildman–Crippen LogP) is 20.2.